The van der Waals surface area contributed by atoms with Crippen molar-refractivity contribution >= 4 is 22.9 Å². The fraction of sp³-hybridized carbons (Fsp3) is 0.263. The molecule has 2 aromatic rings. The van der Waals surface area contributed by atoms with E-state index >= 15 is 0 Å². The lowest BCUT2D eigenvalue weighted by molar-refractivity contribution is 0.0958. The number of benzene rings is 1. The zero-order valence-corrected chi connectivity index (χ0v) is 15.2. The molecule has 0 saturated heterocycles. The third-order valence-electron chi connectivity index (χ3n) is 4.26. The second-order valence-electron chi connectivity index (χ2n) is 6.49. The minimum absolute atomic E-state index is 0.243. The number of aromatic nitrogens is 1. The van der Waals surface area contributed by atoms with Gasteiger partial charge in [-0.3, -0.25) is 15.6 Å². The summed E-state index contributed by atoms with van der Waals surface area (Å²) in [6.07, 6.45) is 6.26. The highest BCUT2D eigenvalue weighted by atomic mass is 32.1. The molecule has 2 aliphatic rings. The molecule has 1 aliphatic heterocycles. The van der Waals surface area contributed by atoms with Crippen LogP contribution in [0.3, 0.4) is 0 Å². The first kappa shape index (κ1) is 16.7. The molecule has 26 heavy (non-hydrogen) atoms. The van der Waals surface area contributed by atoms with Gasteiger partial charge in [-0.2, -0.15) is 0 Å². The number of hydrazine groups is 1. The highest BCUT2D eigenvalue weighted by Crippen LogP contribution is 2.32. The summed E-state index contributed by atoms with van der Waals surface area (Å²) in [6.45, 7) is 2.82. The second kappa shape index (κ2) is 7.21. The molecule has 1 amide bonds. The van der Waals surface area contributed by atoms with E-state index in [1.165, 1.54) is 24.2 Å². The normalized spacial score (nSPS) is 16.0. The number of ether oxygens (including phenoxy) is 1. The lowest BCUT2D eigenvalue weighted by atomic mass is 10.1. The van der Waals surface area contributed by atoms with Crippen molar-refractivity contribution in [3.05, 3.63) is 63.9 Å². The van der Waals surface area contributed by atoms with Crippen LogP contribution in [0.25, 0.3) is 5.70 Å². The number of aryl methyl sites for hydroxylation is 1. The third-order valence-corrected chi connectivity index (χ3v) is 4.85. The Hall–Kier alpha value is -2.80. The SMILES string of the molecule is Cc1ccc(C2=CC=C(NC(=O)c3cscn3)NN2)c(OCC2CC2)c1. The zero-order chi connectivity index (χ0) is 17.9. The summed E-state index contributed by atoms with van der Waals surface area (Å²) in [7, 11) is 0. The van der Waals surface area contributed by atoms with E-state index in [9.17, 15) is 4.79 Å². The van der Waals surface area contributed by atoms with Crippen molar-refractivity contribution in [1.29, 1.82) is 0 Å². The third kappa shape index (κ3) is 3.88. The molecule has 6 nitrogen and oxygen atoms in total. The van der Waals surface area contributed by atoms with Crippen molar-refractivity contribution in [2.45, 2.75) is 19.8 Å². The molecule has 0 bridgehead atoms. The average Bonchev–Trinajstić information content (AvgIpc) is 3.31. The first-order valence-electron chi connectivity index (χ1n) is 8.56. The van der Waals surface area contributed by atoms with Gasteiger partial charge in [0.1, 0.15) is 17.3 Å². The van der Waals surface area contributed by atoms with Crippen molar-refractivity contribution in [2.75, 3.05) is 6.61 Å². The minimum Gasteiger partial charge on any atom is -0.493 e. The molecule has 7 heteroatoms. The van der Waals surface area contributed by atoms with Crippen molar-refractivity contribution in [3.8, 4) is 5.75 Å². The van der Waals surface area contributed by atoms with Crippen LogP contribution in [-0.2, 0) is 0 Å². The summed E-state index contributed by atoms with van der Waals surface area (Å²) in [6, 6.07) is 6.17. The van der Waals surface area contributed by atoms with Gasteiger partial charge < -0.3 is 10.1 Å². The van der Waals surface area contributed by atoms with Crippen molar-refractivity contribution in [1.82, 2.24) is 21.2 Å². The van der Waals surface area contributed by atoms with Gasteiger partial charge in [-0.15, -0.1) is 11.3 Å². The summed E-state index contributed by atoms with van der Waals surface area (Å²) in [4.78, 5) is 16.1. The molecular weight excluding hydrogens is 348 g/mol. The van der Waals surface area contributed by atoms with E-state index in [0.717, 1.165) is 29.2 Å². The van der Waals surface area contributed by atoms with Crippen LogP contribution in [0, 0.1) is 12.8 Å². The molecule has 1 aromatic heterocycles. The first-order chi connectivity index (χ1) is 12.7. The first-order valence-corrected chi connectivity index (χ1v) is 9.51. The number of thiazole rings is 1. The molecule has 134 valence electrons. The number of amides is 1. The molecule has 0 unspecified atom stereocenters. The molecule has 3 N–H and O–H groups in total. The smallest absolute Gasteiger partial charge is 0.276 e. The zero-order valence-electron chi connectivity index (χ0n) is 14.4. The lowest BCUT2D eigenvalue weighted by Gasteiger charge is -2.21. The maximum atomic E-state index is 12.1. The molecule has 0 spiro atoms. The van der Waals surface area contributed by atoms with Crippen LogP contribution in [0.5, 0.6) is 5.75 Å². The number of carbonyl (C=O) groups is 1. The number of nitrogens with one attached hydrogen (secondary N) is 3. The average molecular weight is 368 g/mol. The Morgan fingerprint density at radius 1 is 1.35 bits per heavy atom. The number of nitrogens with zero attached hydrogens (tertiary/aromatic N) is 1. The Morgan fingerprint density at radius 2 is 2.23 bits per heavy atom. The van der Waals surface area contributed by atoms with E-state index in [1.54, 1.807) is 10.9 Å². The largest absolute Gasteiger partial charge is 0.493 e. The van der Waals surface area contributed by atoms with Gasteiger partial charge in [0.2, 0.25) is 0 Å². The van der Waals surface area contributed by atoms with Gasteiger partial charge in [0, 0.05) is 10.9 Å². The summed E-state index contributed by atoms with van der Waals surface area (Å²) in [5.41, 5.74) is 11.2. The van der Waals surface area contributed by atoms with Crippen molar-refractivity contribution < 1.29 is 9.53 Å². The lowest BCUT2D eigenvalue weighted by Crippen LogP contribution is -2.40. The van der Waals surface area contributed by atoms with Gasteiger partial charge in [0.25, 0.3) is 5.91 Å². The van der Waals surface area contributed by atoms with Crippen LogP contribution in [0.15, 0.2) is 47.1 Å². The molecular formula is C19H20N4O2S. The van der Waals surface area contributed by atoms with Crippen LogP contribution in [-0.4, -0.2) is 17.5 Å². The molecule has 1 fully saturated rings. The van der Waals surface area contributed by atoms with E-state index in [1.807, 2.05) is 18.2 Å². The van der Waals surface area contributed by atoms with Crippen molar-refractivity contribution in [2.24, 2.45) is 5.92 Å². The second-order valence-corrected chi connectivity index (χ2v) is 7.21. The molecule has 1 aliphatic carbocycles. The Labute approximate surface area is 156 Å². The summed E-state index contributed by atoms with van der Waals surface area (Å²) >= 11 is 1.39. The van der Waals surface area contributed by atoms with E-state index in [2.05, 4.69) is 40.2 Å². The van der Waals surface area contributed by atoms with Crippen LogP contribution < -0.4 is 20.9 Å². The Bertz CT molecular complexity index is 870. The molecule has 2 heterocycles. The van der Waals surface area contributed by atoms with Crippen LogP contribution in [0.1, 0.15) is 34.5 Å². The van der Waals surface area contributed by atoms with Crippen molar-refractivity contribution in [3.63, 3.8) is 0 Å². The van der Waals surface area contributed by atoms with Crippen LogP contribution in [0.2, 0.25) is 0 Å². The molecule has 0 atom stereocenters. The quantitative estimate of drug-likeness (QED) is 0.731. The Kier molecular flexibility index (Phi) is 4.62. The van der Waals surface area contributed by atoms with E-state index in [-0.39, 0.29) is 5.91 Å². The highest BCUT2D eigenvalue weighted by Gasteiger charge is 2.23. The summed E-state index contributed by atoms with van der Waals surface area (Å²) < 4.78 is 6.03. The van der Waals surface area contributed by atoms with Crippen LogP contribution >= 0.6 is 11.3 Å². The topological polar surface area (TPSA) is 75.3 Å². The maximum absolute atomic E-state index is 12.1. The van der Waals surface area contributed by atoms with E-state index in [4.69, 9.17) is 4.74 Å². The molecule has 1 saturated carbocycles. The molecule has 1 aromatic carbocycles. The van der Waals surface area contributed by atoms with E-state index < -0.39 is 0 Å². The number of carbonyl (C=O) groups excluding carboxylic acids is 1. The molecule has 0 radical (unpaired) electrons. The number of rotatable bonds is 6. The van der Waals surface area contributed by atoms with E-state index in [0.29, 0.717) is 17.4 Å². The molecule has 4 rings (SSSR count). The fourth-order valence-corrected chi connectivity index (χ4v) is 3.12. The number of hydrogen-bond acceptors (Lipinski definition) is 6. The number of hydrogen-bond donors (Lipinski definition) is 3. The fourth-order valence-electron chi connectivity index (χ4n) is 2.59. The van der Waals surface area contributed by atoms with Gasteiger partial charge >= 0.3 is 0 Å². The van der Waals surface area contributed by atoms with Gasteiger partial charge in [0.05, 0.1) is 17.8 Å². The number of allylic oxidation sites excluding steroid dienone is 2. The predicted octanol–water partition coefficient (Wildman–Crippen LogP) is 2.96. The minimum atomic E-state index is -0.243. The standard InChI is InChI=1S/C19H20N4O2S/c1-12-2-5-14(17(8-12)25-9-13-3-4-13)15-6-7-18(23-22-15)21-19(24)16-10-26-11-20-16/h2,5-8,10-11,13,22-23H,3-4,9H2,1H3,(H,21,24). The summed E-state index contributed by atoms with van der Waals surface area (Å²) in [5, 5.41) is 4.49. The Morgan fingerprint density at radius 3 is 2.92 bits per heavy atom. The highest BCUT2D eigenvalue weighted by molar-refractivity contribution is 7.07. The monoisotopic (exact) mass is 368 g/mol. The predicted molar refractivity (Wildman–Crippen MR) is 101 cm³/mol. The Balaban J connectivity index is 1.49. The van der Waals surface area contributed by atoms with Gasteiger partial charge in [-0.1, -0.05) is 6.07 Å². The van der Waals surface area contributed by atoms with Gasteiger partial charge in [-0.05, 0) is 55.5 Å². The van der Waals surface area contributed by atoms with Gasteiger partial charge in [-0.25, -0.2) is 4.98 Å². The maximum Gasteiger partial charge on any atom is 0.276 e. The summed E-state index contributed by atoms with van der Waals surface area (Å²) in [5.74, 6) is 1.90. The van der Waals surface area contributed by atoms with Crippen LogP contribution in [0.4, 0.5) is 0 Å². The van der Waals surface area contributed by atoms with Gasteiger partial charge in [0.15, 0.2) is 0 Å².